The molecule has 6 aliphatic rings. The maximum atomic E-state index is 14.6. The second-order valence-corrected chi connectivity index (χ2v) is 23.5. The monoisotopic (exact) mass is 1080 g/mol. The molecule has 74 heavy (non-hydrogen) atoms. The van der Waals surface area contributed by atoms with Crippen LogP contribution in [-0.4, -0.2) is 100.0 Å². The molecule has 10 rings (SSSR count). The SMILES string of the molecule is CN(CCCC(=O)NCC#Cc1cn([C@H]2CC[C@@H](COP(=O)(O)OP(=O)(O)OP(=O)([O-])O)O2)c(=O)[nH]c1=O)C(=O)c1ccccc1C1=c2cc3c4c(c2Oc2c1cc1c5c2CCCN5CCC1)CCC[N+]=4CCC3. The van der Waals surface area contributed by atoms with Gasteiger partial charge in [0.2, 0.25) is 11.3 Å². The number of hydrogen-bond donors (Lipinski definition) is 5. The van der Waals surface area contributed by atoms with Gasteiger partial charge in [-0.1, -0.05) is 30.0 Å². The van der Waals surface area contributed by atoms with Crippen molar-refractivity contribution < 1.29 is 65.5 Å². The lowest BCUT2D eigenvalue weighted by Crippen LogP contribution is -2.45. The minimum atomic E-state index is -5.83. The third-order valence-electron chi connectivity index (χ3n) is 14.2. The van der Waals surface area contributed by atoms with E-state index < -0.39 is 53.7 Å². The first-order valence-corrected chi connectivity index (χ1v) is 29.1. The molecular formula is C49H55N6O16P3. The number of nitrogens with one attached hydrogen (secondary N) is 2. The van der Waals surface area contributed by atoms with Gasteiger partial charge < -0.3 is 44.2 Å². The van der Waals surface area contributed by atoms with Gasteiger partial charge in [-0.2, -0.15) is 4.31 Å². The first kappa shape index (κ1) is 51.9. The molecule has 0 radical (unpaired) electrons. The molecule has 0 spiro atoms. The highest BCUT2D eigenvalue weighted by Gasteiger charge is 2.40. The number of H-pyrrole nitrogens is 1. The van der Waals surface area contributed by atoms with Crippen LogP contribution in [0.2, 0.25) is 0 Å². The predicted molar refractivity (Wildman–Crippen MR) is 265 cm³/mol. The predicted octanol–water partition coefficient (Wildman–Crippen LogP) is 2.38. The van der Waals surface area contributed by atoms with Crippen LogP contribution >= 0.6 is 23.5 Å². The first-order valence-electron chi connectivity index (χ1n) is 24.6. The smallest absolute Gasteiger partial charge is 0.487 e. The van der Waals surface area contributed by atoms with Gasteiger partial charge in [0.05, 0.1) is 24.8 Å². The van der Waals surface area contributed by atoms with Crippen molar-refractivity contribution in [3.63, 3.8) is 0 Å². The summed E-state index contributed by atoms with van der Waals surface area (Å²) < 4.78 is 62.8. The molecule has 5 N–H and O–H groups in total. The summed E-state index contributed by atoms with van der Waals surface area (Å²) in [5.74, 6) is 6.66. The zero-order valence-electron chi connectivity index (χ0n) is 40.4. The van der Waals surface area contributed by atoms with Gasteiger partial charge in [-0.3, -0.25) is 33.0 Å². The number of carbonyl (C=O) groups is 2. The Bertz CT molecular complexity index is 3450. The van der Waals surface area contributed by atoms with Crippen LogP contribution in [0.4, 0.5) is 5.69 Å². The Morgan fingerprint density at radius 1 is 0.932 bits per heavy atom. The summed E-state index contributed by atoms with van der Waals surface area (Å²) in [6.07, 6.45) is 7.97. The summed E-state index contributed by atoms with van der Waals surface area (Å²) in [5.41, 5.74) is 8.19. The molecule has 392 valence electrons. The van der Waals surface area contributed by atoms with E-state index in [1.807, 2.05) is 24.3 Å². The van der Waals surface area contributed by atoms with Gasteiger partial charge in [-0.05, 0) is 87.1 Å². The van der Waals surface area contributed by atoms with Crippen molar-refractivity contribution in [1.82, 2.24) is 24.3 Å². The molecular weight excluding hydrogens is 1020 g/mol. The number of rotatable bonds is 15. The number of aromatic amines is 1. The summed E-state index contributed by atoms with van der Waals surface area (Å²) in [5, 5.41) is 5.06. The summed E-state index contributed by atoms with van der Waals surface area (Å²) >= 11 is 0. The maximum absolute atomic E-state index is 14.6. The van der Waals surface area contributed by atoms with Crippen LogP contribution in [-0.2, 0) is 62.1 Å². The van der Waals surface area contributed by atoms with E-state index in [1.54, 1.807) is 11.9 Å². The summed E-state index contributed by atoms with van der Waals surface area (Å²) in [7, 11) is -15.3. The van der Waals surface area contributed by atoms with Gasteiger partial charge in [-0.25, -0.2) is 22.8 Å². The fourth-order valence-electron chi connectivity index (χ4n) is 11.1. The first-order chi connectivity index (χ1) is 35.3. The number of aryl methyl sites for hydroxylation is 2. The zero-order valence-corrected chi connectivity index (χ0v) is 43.1. The fraction of sp³-hybridized carbons (Fsp3) is 0.449. The lowest BCUT2D eigenvalue weighted by atomic mass is 9.81. The molecule has 7 heterocycles. The van der Waals surface area contributed by atoms with E-state index in [0.29, 0.717) is 12.0 Å². The second-order valence-electron chi connectivity index (χ2n) is 19.2. The molecule has 25 heteroatoms. The quantitative estimate of drug-likeness (QED) is 0.0571. The van der Waals surface area contributed by atoms with Gasteiger partial charge in [-0.15, -0.1) is 0 Å². The number of amides is 2. The number of fused-ring (bicyclic) bond motifs is 4. The molecule has 22 nitrogen and oxygen atoms in total. The highest BCUT2D eigenvalue weighted by molar-refractivity contribution is 7.66. The molecule has 1 aromatic heterocycles. The van der Waals surface area contributed by atoms with Gasteiger partial charge in [0.1, 0.15) is 36.4 Å². The van der Waals surface area contributed by atoms with Gasteiger partial charge >= 0.3 is 21.3 Å². The van der Waals surface area contributed by atoms with Crippen molar-refractivity contribution in [3.8, 4) is 23.3 Å². The van der Waals surface area contributed by atoms with E-state index in [4.69, 9.17) is 14.4 Å². The number of anilines is 1. The molecule has 0 aliphatic carbocycles. The minimum absolute atomic E-state index is 0.0808. The molecule has 4 aromatic rings. The average Bonchev–Trinajstić information content (AvgIpc) is 3.83. The van der Waals surface area contributed by atoms with Crippen molar-refractivity contribution in [2.75, 3.05) is 57.8 Å². The van der Waals surface area contributed by atoms with Gasteiger partial charge in [0.25, 0.3) is 19.3 Å². The Morgan fingerprint density at radius 3 is 2.47 bits per heavy atom. The van der Waals surface area contributed by atoms with Crippen LogP contribution in [0, 0.1) is 11.8 Å². The van der Waals surface area contributed by atoms with Crippen molar-refractivity contribution >= 4 is 46.5 Å². The van der Waals surface area contributed by atoms with Gasteiger partial charge in [0.15, 0.2) is 0 Å². The molecule has 1 fully saturated rings. The highest BCUT2D eigenvalue weighted by atomic mass is 31.3. The molecule has 3 unspecified atom stereocenters. The molecule has 2 amide bonds. The van der Waals surface area contributed by atoms with Crippen LogP contribution in [0.15, 0.2) is 52.2 Å². The number of hydrogen-bond acceptors (Lipinski definition) is 14. The standard InChI is InChI=1S/C49H55N6O16P3/c1-52(21-9-17-40(56)50-20-4-10-32-28-55(49(59)51-47(32)57)41-19-18-33(68-41)29-67-73(63,64)71-74(65,66)70-72(60,61)62)48(58)35-14-3-2-13-34(35)42-38-26-30-11-5-22-53-24-7-15-36(43(30)53)45(38)69-46-37-16-8-25-54-23-6-12-31(44(37)54)27-39(42)46/h2-3,13-14,26-28,33,41H,5-9,11-12,15-25,29H2,1H3,(H5-,50,51,56,57,59,60,61,62,63,64,65,66)/t33-,41+/m0/s1. The lowest BCUT2D eigenvalue weighted by molar-refractivity contribution is -0.212. The molecule has 1 saturated heterocycles. The normalized spacial score (nSPS) is 20.7. The number of benzene rings is 3. The molecule has 5 atom stereocenters. The van der Waals surface area contributed by atoms with Crippen LogP contribution in [0.1, 0.15) is 107 Å². The topological polar surface area (TPSA) is 292 Å². The largest absolute Gasteiger partial charge is 0.756 e. The van der Waals surface area contributed by atoms with Crippen LogP contribution in [0.25, 0.3) is 5.57 Å². The summed E-state index contributed by atoms with van der Waals surface area (Å²) in [6.45, 7) is 3.57. The Labute approximate surface area is 424 Å². The Balaban J connectivity index is 0.794. The van der Waals surface area contributed by atoms with E-state index in [2.05, 4.69) is 56.9 Å². The number of nitrogens with zero attached hydrogens (tertiary/aromatic N) is 4. The molecule has 0 saturated carbocycles. The van der Waals surface area contributed by atoms with Crippen molar-refractivity contribution in [1.29, 1.82) is 0 Å². The number of phosphoric acid groups is 3. The highest BCUT2D eigenvalue weighted by Crippen LogP contribution is 2.65. The Hall–Kier alpha value is -5.52. The molecule has 0 bridgehead atoms. The molecule has 3 aromatic carbocycles. The van der Waals surface area contributed by atoms with E-state index >= 15 is 0 Å². The van der Waals surface area contributed by atoms with Crippen LogP contribution < -0.4 is 46.2 Å². The van der Waals surface area contributed by atoms with Gasteiger partial charge in [0, 0.05) is 90.9 Å². The average molecular weight is 1080 g/mol. The summed E-state index contributed by atoms with van der Waals surface area (Å²) in [6, 6.07) is 12.5. The number of carbonyl (C=O) groups excluding carboxylic acids is 2. The van der Waals surface area contributed by atoms with E-state index in [1.165, 1.54) is 33.3 Å². The Morgan fingerprint density at radius 2 is 1.68 bits per heavy atom. The second kappa shape index (κ2) is 20.9. The number of aromatic nitrogens is 2. The zero-order chi connectivity index (χ0) is 52.1. The van der Waals surface area contributed by atoms with Crippen molar-refractivity contribution in [2.45, 2.75) is 89.4 Å². The van der Waals surface area contributed by atoms with Crippen molar-refractivity contribution in [3.05, 3.63) is 119 Å². The van der Waals surface area contributed by atoms with E-state index in [9.17, 15) is 47.6 Å². The molecule has 6 aliphatic heterocycles. The fourth-order valence-corrected chi connectivity index (χ4v) is 14.1. The minimum Gasteiger partial charge on any atom is -0.756 e. The lowest BCUT2D eigenvalue weighted by Gasteiger charge is -2.39. The third kappa shape index (κ3) is 10.9. The van der Waals surface area contributed by atoms with Crippen LogP contribution in [0.5, 0.6) is 11.5 Å². The number of phosphoric ester groups is 1. The van der Waals surface area contributed by atoms with E-state index in [0.717, 1.165) is 122 Å². The van der Waals surface area contributed by atoms with Crippen molar-refractivity contribution in [2.24, 2.45) is 0 Å². The third-order valence-corrected chi connectivity index (χ3v) is 17.9. The Kier molecular flexibility index (Phi) is 14.7. The maximum Gasteiger partial charge on any atom is 0.487 e. The number of ether oxygens (including phenoxy) is 2. The van der Waals surface area contributed by atoms with E-state index in [-0.39, 0.29) is 49.7 Å². The van der Waals surface area contributed by atoms with Crippen LogP contribution in [0.3, 0.4) is 0 Å². The summed E-state index contributed by atoms with van der Waals surface area (Å²) in [4.78, 5) is 97.7.